The van der Waals surface area contributed by atoms with Crippen molar-refractivity contribution in [2.75, 3.05) is 55.6 Å². The number of benzene rings is 2. The lowest BCUT2D eigenvalue weighted by Gasteiger charge is -2.36. The minimum Gasteiger partial charge on any atom is -0.371 e. The summed E-state index contributed by atoms with van der Waals surface area (Å²) < 4.78 is 40.0. The van der Waals surface area contributed by atoms with Gasteiger partial charge in [-0.15, -0.1) is 0 Å². The predicted molar refractivity (Wildman–Crippen MR) is 141 cm³/mol. The van der Waals surface area contributed by atoms with Crippen LogP contribution >= 0.6 is 0 Å². The summed E-state index contributed by atoms with van der Waals surface area (Å²) in [7, 11) is 0. The summed E-state index contributed by atoms with van der Waals surface area (Å²) >= 11 is 0. The zero-order valence-corrected chi connectivity index (χ0v) is 21.5. The fourth-order valence-corrected chi connectivity index (χ4v) is 5.15. The van der Waals surface area contributed by atoms with Gasteiger partial charge in [-0.1, -0.05) is 19.1 Å². The summed E-state index contributed by atoms with van der Waals surface area (Å²) in [6.45, 7) is 7.41. The summed E-state index contributed by atoms with van der Waals surface area (Å²) in [6, 6.07) is 11.7. The molecule has 0 radical (unpaired) electrons. The maximum atomic E-state index is 13.3. The molecule has 0 aromatic heterocycles. The molecule has 2 heterocycles. The standard InChI is InChI=1S/C27H34F3N5O3/c1-2-20-4-3-5-22(18-20)34-16-14-32(15-17-34)11-10-26(36)31-21-8-12-33(13-9-21)23-6-7-25(35(37)38)24(19-23)27(28,29)30/h3-7,18-19,21H,2,8-17H2,1H3,(H,31,36). The SMILES string of the molecule is CCc1cccc(N2CCN(CCC(=O)NC3CCN(c4ccc([N+](=O)[O-])c(C(F)(F)F)c4)CC3)CC2)c1. The summed E-state index contributed by atoms with van der Waals surface area (Å²) in [5.74, 6) is -0.0174. The van der Waals surface area contributed by atoms with Crippen molar-refractivity contribution in [2.45, 2.75) is 44.8 Å². The number of nitro benzene ring substituents is 1. The molecule has 0 unspecified atom stereocenters. The fraction of sp³-hybridized carbons (Fsp3) is 0.519. The Bertz CT molecular complexity index is 1130. The van der Waals surface area contributed by atoms with E-state index in [-0.39, 0.29) is 11.9 Å². The van der Waals surface area contributed by atoms with Crippen LogP contribution in [0.3, 0.4) is 0 Å². The van der Waals surface area contributed by atoms with Crippen LogP contribution in [0.1, 0.15) is 37.3 Å². The van der Waals surface area contributed by atoms with Gasteiger partial charge in [-0.25, -0.2) is 0 Å². The number of halogens is 3. The van der Waals surface area contributed by atoms with E-state index >= 15 is 0 Å². The van der Waals surface area contributed by atoms with E-state index in [9.17, 15) is 28.1 Å². The Kier molecular flexibility index (Phi) is 8.76. The molecule has 0 bridgehead atoms. The van der Waals surface area contributed by atoms with Gasteiger partial charge in [0.25, 0.3) is 5.69 Å². The van der Waals surface area contributed by atoms with Crippen LogP contribution in [0.25, 0.3) is 0 Å². The molecule has 2 aromatic carbocycles. The number of alkyl halides is 3. The van der Waals surface area contributed by atoms with Crippen LogP contribution in [-0.4, -0.2) is 67.6 Å². The number of hydrogen-bond donors (Lipinski definition) is 1. The number of nitrogens with zero attached hydrogens (tertiary/aromatic N) is 4. The second-order valence-corrected chi connectivity index (χ2v) is 9.89. The number of hydrogen-bond acceptors (Lipinski definition) is 6. The van der Waals surface area contributed by atoms with Crippen molar-refractivity contribution in [3.05, 3.63) is 63.7 Å². The third kappa shape index (κ3) is 6.94. The van der Waals surface area contributed by atoms with E-state index in [0.717, 1.165) is 44.7 Å². The smallest absolute Gasteiger partial charge is 0.371 e. The molecule has 1 N–H and O–H groups in total. The highest BCUT2D eigenvalue weighted by Gasteiger charge is 2.39. The van der Waals surface area contributed by atoms with E-state index in [0.29, 0.717) is 44.6 Å². The van der Waals surface area contributed by atoms with E-state index in [1.165, 1.54) is 17.3 Å². The Morgan fingerprint density at radius 3 is 2.29 bits per heavy atom. The number of carbonyl (C=O) groups excluding carboxylic acids is 1. The molecular weight excluding hydrogens is 499 g/mol. The molecule has 2 aliphatic heterocycles. The van der Waals surface area contributed by atoms with E-state index in [4.69, 9.17) is 0 Å². The van der Waals surface area contributed by atoms with Crippen molar-refractivity contribution in [3.63, 3.8) is 0 Å². The number of nitrogens with one attached hydrogen (secondary N) is 1. The van der Waals surface area contributed by atoms with Crippen LogP contribution in [0.5, 0.6) is 0 Å². The summed E-state index contributed by atoms with van der Waals surface area (Å²) in [6.07, 6.45) is -2.20. The molecular formula is C27H34F3N5O3. The molecule has 0 aliphatic carbocycles. The van der Waals surface area contributed by atoms with Crippen LogP contribution in [-0.2, 0) is 17.4 Å². The number of amides is 1. The van der Waals surface area contributed by atoms with Gasteiger partial charge in [0.15, 0.2) is 0 Å². The Morgan fingerprint density at radius 1 is 1.00 bits per heavy atom. The van der Waals surface area contributed by atoms with Gasteiger partial charge in [0.1, 0.15) is 5.56 Å². The highest BCUT2D eigenvalue weighted by Crippen LogP contribution is 2.38. The van der Waals surface area contributed by atoms with Gasteiger partial charge in [-0.05, 0) is 49.1 Å². The Morgan fingerprint density at radius 2 is 1.66 bits per heavy atom. The molecule has 206 valence electrons. The molecule has 2 saturated heterocycles. The molecule has 2 fully saturated rings. The van der Waals surface area contributed by atoms with Crippen molar-refractivity contribution in [2.24, 2.45) is 0 Å². The first-order valence-electron chi connectivity index (χ1n) is 13.1. The topological polar surface area (TPSA) is 82.0 Å². The number of aryl methyl sites for hydroxylation is 1. The van der Waals surface area contributed by atoms with Crippen molar-refractivity contribution < 1.29 is 22.9 Å². The van der Waals surface area contributed by atoms with Gasteiger partial charge in [-0.3, -0.25) is 19.8 Å². The van der Waals surface area contributed by atoms with E-state index in [1.54, 1.807) is 4.90 Å². The Balaban J connectivity index is 1.20. The summed E-state index contributed by atoms with van der Waals surface area (Å²) in [4.78, 5) is 29.0. The van der Waals surface area contributed by atoms with Crippen molar-refractivity contribution >= 4 is 23.0 Å². The first-order valence-corrected chi connectivity index (χ1v) is 13.1. The zero-order chi connectivity index (χ0) is 27.3. The van der Waals surface area contributed by atoms with Crippen molar-refractivity contribution in [1.29, 1.82) is 0 Å². The van der Waals surface area contributed by atoms with Crippen molar-refractivity contribution in [1.82, 2.24) is 10.2 Å². The quantitative estimate of drug-likeness (QED) is 0.398. The van der Waals surface area contributed by atoms with E-state index in [1.807, 2.05) is 0 Å². The molecule has 8 nitrogen and oxygen atoms in total. The maximum absolute atomic E-state index is 13.3. The Labute approximate surface area is 220 Å². The van der Waals surface area contributed by atoms with Crippen LogP contribution in [0.2, 0.25) is 0 Å². The molecule has 2 aliphatic rings. The van der Waals surface area contributed by atoms with Crippen LogP contribution in [0, 0.1) is 10.1 Å². The number of nitro groups is 1. The van der Waals surface area contributed by atoms with Crippen LogP contribution in [0.4, 0.5) is 30.2 Å². The molecule has 2 aromatic rings. The Hall–Kier alpha value is -3.34. The molecule has 1 amide bonds. The van der Waals surface area contributed by atoms with Gasteiger partial charge >= 0.3 is 6.18 Å². The van der Waals surface area contributed by atoms with Gasteiger partial charge < -0.3 is 15.1 Å². The predicted octanol–water partition coefficient (Wildman–Crippen LogP) is 4.47. The number of piperidine rings is 1. The van der Waals surface area contributed by atoms with Crippen LogP contribution < -0.4 is 15.1 Å². The van der Waals surface area contributed by atoms with Crippen LogP contribution in [0.15, 0.2) is 42.5 Å². The van der Waals surface area contributed by atoms with Gasteiger partial charge in [-0.2, -0.15) is 13.2 Å². The lowest BCUT2D eigenvalue weighted by atomic mass is 10.0. The average molecular weight is 534 g/mol. The molecule has 38 heavy (non-hydrogen) atoms. The van der Waals surface area contributed by atoms with Crippen molar-refractivity contribution in [3.8, 4) is 0 Å². The number of rotatable bonds is 8. The van der Waals surface area contributed by atoms with Gasteiger partial charge in [0, 0.05) is 75.7 Å². The van der Waals surface area contributed by atoms with E-state index in [2.05, 4.69) is 46.3 Å². The third-order valence-corrected chi connectivity index (χ3v) is 7.42. The maximum Gasteiger partial charge on any atom is 0.423 e. The molecule has 0 spiro atoms. The number of piperazine rings is 1. The highest BCUT2D eigenvalue weighted by molar-refractivity contribution is 5.76. The van der Waals surface area contributed by atoms with Gasteiger partial charge in [0.2, 0.25) is 5.91 Å². The first-order chi connectivity index (χ1) is 18.1. The molecule has 11 heteroatoms. The van der Waals surface area contributed by atoms with Gasteiger partial charge in [0.05, 0.1) is 4.92 Å². The average Bonchev–Trinajstić information content (AvgIpc) is 2.92. The second kappa shape index (κ2) is 12.0. The largest absolute Gasteiger partial charge is 0.423 e. The summed E-state index contributed by atoms with van der Waals surface area (Å²) in [5.41, 5.74) is 0.678. The molecule has 0 atom stereocenters. The lowest BCUT2D eigenvalue weighted by Crippen LogP contribution is -2.48. The monoisotopic (exact) mass is 533 g/mol. The number of carbonyl (C=O) groups is 1. The fourth-order valence-electron chi connectivity index (χ4n) is 5.15. The minimum absolute atomic E-state index is 0.0174. The summed E-state index contributed by atoms with van der Waals surface area (Å²) in [5, 5.41) is 14.1. The molecule has 4 rings (SSSR count). The second-order valence-electron chi connectivity index (χ2n) is 9.89. The third-order valence-electron chi connectivity index (χ3n) is 7.42. The zero-order valence-electron chi connectivity index (χ0n) is 21.5. The molecule has 0 saturated carbocycles. The first kappa shape index (κ1) is 27.7. The van der Waals surface area contributed by atoms with E-state index < -0.39 is 22.4 Å². The lowest BCUT2D eigenvalue weighted by molar-refractivity contribution is -0.388. The normalized spacial score (nSPS) is 17.5. The minimum atomic E-state index is -4.81. The highest BCUT2D eigenvalue weighted by atomic mass is 19.4. The number of anilines is 2.